The molecule has 2 bridgehead atoms. The molecule has 1 aromatic rings. The van der Waals surface area contributed by atoms with Crippen molar-refractivity contribution in [3.8, 4) is 0 Å². The van der Waals surface area contributed by atoms with Crippen LogP contribution in [0.1, 0.15) is 12.5 Å². The zero-order valence-corrected chi connectivity index (χ0v) is 14.1. The molecule has 0 aliphatic carbocycles. The van der Waals surface area contributed by atoms with Gasteiger partial charge < -0.3 is 9.84 Å². The highest BCUT2D eigenvalue weighted by Gasteiger charge is 2.72. The third-order valence-corrected chi connectivity index (χ3v) is 5.64. The highest BCUT2D eigenvalue weighted by Crippen LogP contribution is 2.58. The van der Waals surface area contributed by atoms with Crippen molar-refractivity contribution < 1.29 is 32.6 Å². The van der Waals surface area contributed by atoms with Gasteiger partial charge in [0.1, 0.15) is 5.60 Å². The number of imide groups is 1. The van der Waals surface area contributed by atoms with Gasteiger partial charge in [0.15, 0.2) is 0 Å². The first-order valence-electron chi connectivity index (χ1n) is 7.80. The van der Waals surface area contributed by atoms with Crippen molar-refractivity contribution in [2.75, 3.05) is 11.5 Å². The molecular weight excluding hydrogens is 375 g/mol. The Bertz CT molecular complexity index is 870. The van der Waals surface area contributed by atoms with Crippen LogP contribution < -0.4 is 4.90 Å². The summed E-state index contributed by atoms with van der Waals surface area (Å²) in [5, 5.41) is 9.59. The topological polar surface area (TPSA) is 66.8 Å². The minimum Gasteiger partial charge on any atom is -0.393 e. The summed E-state index contributed by atoms with van der Waals surface area (Å²) in [7, 11) is 0. The zero-order valence-electron chi connectivity index (χ0n) is 13.4. The van der Waals surface area contributed by atoms with Crippen molar-refractivity contribution in [1.82, 2.24) is 0 Å². The van der Waals surface area contributed by atoms with E-state index in [-0.39, 0.29) is 10.7 Å². The van der Waals surface area contributed by atoms with Gasteiger partial charge in [-0.15, -0.1) is 0 Å². The van der Waals surface area contributed by atoms with Crippen LogP contribution in [-0.4, -0.2) is 34.7 Å². The number of carbonyl (C=O) groups is 2. The van der Waals surface area contributed by atoms with Crippen LogP contribution in [0.4, 0.5) is 18.9 Å². The lowest BCUT2D eigenvalue weighted by Crippen LogP contribution is -2.43. The molecule has 4 rings (SSSR count). The Labute approximate surface area is 151 Å². The quantitative estimate of drug-likeness (QED) is 0.625. The first-order chi connectivity index (χ1) is 12.0. The molecule has 0 aromatic heterocycles. The first kappa shape index (κ1) is 17.5. The number of aliphatic hydroxyl groups excluding tert-OH is 1. The summed E-state index contributed by atoms with van der Waals surface area (Å²) in [6, 6.07) is 2.47. The summed E-state index contributed by atoms with van der Waals surface area (Å²) in [6.07, 6.45) is -1.51. The fourth-order valence-electron chi connectivity index (χ4n) is 4.14. The number of amides is 2. The van der Waals surface area contributed by atoms with E-state index >= 15 is 0 Å². The molecule has 3 heterocycles. The number of rotatable bonds is 2. The van der Waals surface area contributed by atoms with Gasteiger partial charge in [-0.05, 0) is 25.1 Å². The minimum atomic E-state index is -4.65. The molecule has 26 heavy (non-hydrogen) atoms. The number of carbonyl (C=O) groups excluding carboxylic acids is 2. The fourth-order valence-corrected chi connectivity index (χ4v) is 4.34. The van der Waals surface area contributed by atoms with Gasteiger partial charge in [0.25, 0.3) is 0 Å². The summed E-state index contributed by atoms with van der Waals surface area (Å²) in [6.45, 7) is 1.08. The normalized spacial score (nSPS) is 35.5. The van der Waals surface area contributed by atoms with Crippen molar-refractivity contribution in [3.63, 3.8) is 0 Å². The molecule has 138 valence electrons. The van der Waals surface area contributed by atoms with E-state index < -0.39 is 53.2 Å². The number of hydrogen-bond donors (Lipinski definition) is 1. The average Bonchev–Trinajstić information content (AvgIpc) is 3.13. The molecule has 5 nitrogen and oxygen atoms in total. The Morgan fingerprint density at radius 3 is 2.50 bits per heavy atom. The lowest BCUT2D eigenvalue weighted by atomic mass is 9.73. The molecule has 3 aliphatic rings. The standard InChI is InChI=1S/C17H13ClF3NO4/c1-15-4-5-16(7-23,26-15)12-11(15)13(24)22(14(12)25)10-6-8(17(19,20)21)2-3-9(10)18/h2-6,11-12,23H,7H2,1H3/t11-,12+,15-,16-/m1/s1. The predicted molar refractivity (Wildman–Crippen MR) is 84.4 cm³/mol. The summed E-state index contributed by atoms with van der Waals surface area (Å²) in [5.74, 6) is -3.37. The molecule has 9 heteroatoms. The Morgan fingerprint density at radius 2 is 1.88 bits per heavy atom. The predicted octanol–water partition coefficient (Wildman–Crippen LogP) is 2.55. The van der Waals surface area contributed by atoms with Crippen LogP contribution in [0.5, 0.6) is 0 Å². The molecule has 0 unspecified atom stereocenters. The van der Waals surface area contributed by atoms with Crippen LogP contribution in [-0.2, 0) is 20.5 Å². The second-order valence-electron chi connectivity index (χ2n) is 6.86. The first-order valence-corrected chi connectivity index (χ1v) is 8.18. The lowest BCUT2D eigenvalue weighted by molar-refractivity contribution is -0.138. The van der Waals surface area contributed by atoms with Gasteiger partial charge in [0.05, 0.1) is 40.3 Å². The minimum absolute atomic E-state index is 0.149. The largest absolute Gasteiger partial charge is 0.416 e. The SMILES string of the molecule is C[C@]12C=C[C@](CO)(O1)[C@@H]1C(=O)N(c3cc(C(F)(F)F)ccc3Cl)C(=O)[C@@H]12. The van der Waals surface area contributed by atoms with Crippen LogP contribution >= 0.6 is 11.6 Å². The van der Waals surface area contributed by atoms with E-state index in [2.05, 4.69) is 0 Å². The number of benzene rings is 1. The number of ether oxygens (including phenoxy) is 1. The maximum Gasteiger partial charge on any atom is 0.416 e. The van der Waals surface area contributed by atoms with E-state index in [9.17, 15) is 27.9 Å². The summed E-state index contributed by atoms with van der Waals surface area (Å²) < 4.78 is 44.8. The number of nitrogens with zero attached hydrogens (tertiary/aromatic N) is 1. The number of alkyl halides is 3. The molecule has 3 aliphatic heterocycles. The van der Waals surface area contributed by atoms with Crippen molar-refractivity contribution in [1.29, 1.82) is 0 Å². The van der Waals surface area contributed by atoms with Gasteiger partial charge in [0.2, 0.25) is 11.8 Å². The molecule has 2 saturated heterocycles. The third-order valence-electron chi connectivity index (χ3n) is 5.32. The van der Waals surface area contributed by atoms with Gasteiger partial charge in [-0.25, -0.2) is 4.90 Å². The van der Waals surface area contributed by atoms with Crippen molar-refractivity contribution >= 4 is 29.1 Å². The maximum absolute atomic E-state index is 13.0. The fraction of sp³-hybridized carbons (Fsp3) is 0.412. The Kier molecular flexibility index (Phi) is 3.43. The monoisotopic (exact) mass is 387 g/mol. The molecule has 1 aromatic carbocycles. The maximum atomic E-state index is 13.0. The third kappa shape index (κ3) is 2.06. The Balaban J connectivity index is 1.82. The van der Waals surface area contributed by atoms with Crippen LogP contribution in [0.25, 0.3) is 0 Å². The zero-order chi connectivity index (χ0) is 19.1. The van der Waals surface area contributed by atoms with E-state index in [0.29, 0.717) is 11.0 Å². The van der Waals surface area contributed by atoms with E-state index in [0.717, 1.165) is 12.1 Å². The Hall–Kier alpha value is -1.90. The van der Waals surface area contributed by atoms with Crippen LogP contribution in [0.3, 0.4) is 0 Å². The van der Waals surface area contributed by atoms with Crippen LogP contribution in [0, 0.1) is 11.8 Å². The summed E-state index contributed by atoms with van der Waals surface area (Å²) in [4.78, 5) is 26.6. The molecular formula is C17H13ClF3NO4. The Morgan fingerprint density at radius 1 is 1.23 bits per heavy atom. The molecule has 0 spiro atoms. The molecule has 2 amide bonds. The molecule has 2 fully saturated rings. The number of aliphatic hydroxyl groups is 1. The van der Waals surface area contributed by atoms with E-state index in [1.165, 1.54) is 6.08 Å². The van der Waals surface area contributed by atoms with Gasteiger partial charge in [0, 0.05) is 0 Å². The van der Waals surface area contributed by atoms with Crippen molar-refractivity contribution in [2.24, 2.45) is 11.8 Å². The van der Waals surface area contributed by atoms with Crippen molar-refractivity contribution in [3.05, 3.63) is 40.9 Å². The van der Waals surface area contributed by atoms with Crippen molar-refractivity contribution in [2.45, 2.75) is 24.3 Å². The number of hydrogen-bond acceptors (Lipinski definition) is 4. The van der Waals surface area contributed by atoms with Gasteiger partial charge in [-0.2, -0.15) is 13.2 Å². The number of anilines is 1. The molecule has 4 atom stereocenters. The summed E-state index contributed by atoms with van der Waals surface area (Å²) in [5.41, 5.74) is -3.80. The molecule has 0 saturated carbocycles. The number of halogens is 4. The number of fused-ring (bicyclic) bond motifs is 5. The highest BCUT2D eigenvalue weighted by molar-refractivity contribution is 6.36. The average molecular weight is 388 g/mol. The van der Waals surface area contributed by atoms with E-state index in [1.54, 1.807) is 13.0 Å². The highest BCUT2D eigenvalue weighted by atomic mass is 35.5. The van der Waals surface area contributed by atoms with Gasteiger partial charge >= 0.3 is 6.18 Å². The second kappa shape index (κ2) is 5.09. The van der Waals surface area contributed by atoms with E-state index in [4.69, 9.17) is 16.3 Å². The molecule has 0 radical (unpaired) electrons. The van der Waals surface area contributed by atoms with Crippen LogP contribution in [0.15, 0.2) is 30.4 Å². The van der Waals surface area contributed by atoms with E-state index in [1.807, 2.05) is 0 Å². The smallest absolute Gasteiger partial charge is 0.393 e. The molecule has 1 N–H and O–H groups in total. The summed E-state index contributed by atoms with van der Waals surface area (Å²) >= 11 is 6.00. The lowest BCUT2D eigenvalue weighted by Gasteiger charge is -2.27. The van der Waals surface area contributed by atoms with Gasteiger partial charge in [-0.3, -0.25) is 9.59 Å². The van der Waals surface area contributed by atoms with Gasteiger partial charge in [-0.1, -0.05) is 23.8 Å². The van der Waals surface area contributed by atoms with Crippen LogP contribution in [0.2, 0.25) is 5.02 Å². The second-order valence-corrected chi connectivity index (χ2v) is 7.27.